The quantitative estimate of drug-likeness (QED) is 0.725. The Morgan fingerprint density at radius 3 is 2.59 bits per heavy atom. The van der Waals surface area contributed by atoms with Crippen molar-refractivity contribution in [2.75, 3.05) is 0 Å². The summed E-state index contributed by atoms with van der Waals surface area (Å²) in [7, 11) is 0. The van der Waals surface area contributed by atoms with E-state index in [-0.39, 0.29) is 17.9 Å². The molecule has 0 aromatic rings. The van der Waals surface area contributed by atoms with Crippen LogP contribution in [0.4, 0.5) is 0 Å². The predicted molar refractivity (Wildman–Crippen MR) is 69.5 cm³/mol. The van der Waals surface area contributed by atoms with Gasteiger partial charge in [0.2, 0.25) is 5.91 Å². The molecule has 0 bridgehead atoms. The van der Waals surface area contributed by atoms with E-state index in [0.29, 0.717) is 6.04 Å². The van der Waals surface area contributed by atoms with E-state index in [1.807, 2.05) is 0 Å². The summed E-state index contributed by atoms with van der Waals surface area (Å²) < 4.78 is 0. The zero-order valence-corrected chi connectivity index (χ0v) is 11.0. The van der Waals surface area contributed by atoms with E-state index in [4.69, 9.17) is 5.73 Å². The van der Waals surface area contributed by atoms with Crippen LogP contribution in [0.25, 0.3) is 0 Å². The zero-order valence-electron chi connectivity index (χ0n) is 11.0. The monoisotopic (exact) mass is 238 g/mol. The highest BCUT2D eigenvalue weighted by atomic mass is 16.2. The standard InChI is InChI=1S/C14H26N2O/c1-10-7-8-11(9-10)16-14(17)12-5-3-2-4-6-13(12)15/h10-13H,2-9,15H2,1H3,(H,16,17). The maximum absolute atomic E-state index is 12.2. The Bertz CT molecular complexity index is 267. The average Bonchev–Trinajstić information content (AvgIpc) is 2.57. The molecule has 4 atom stereocenters. The highest BCUT2D eigenvalue weighted by Gasteiger charge is 2.30. The molecule has 98 valence electrons. The molecule has 0 spiro atoms. The smallest absolute Gasteiger partial charge is 0.224 e. The summed E-state index contributed by atoms with van der Waals surface area (Å²) in [5, 5.41) is 3.22. The normalized spacial score (nSPS) is 38.7. The number of hydrogen-bond donors (Lipinski definition) is 2. The van der Waals surface area contributed by atoms with Gasteiger partial charge >= 0.3 is 0 Å². The Balaban J connectivity index is 1.85. The summed E-state index contributed by atoms with van der Waals surface area (Å²) in [5.41, 5.74) is 6.12. The molecule has 2 saturated carbocycles. The van der Waals surface area contributed by atoms with Crippen LogP contribution in [0.15, 0.2) is 0 Å². The minimum Gasteiger partial charge on any atom is -0.353 e. The number of carbonyl (C=O) groups is 1. The van der Waals surface area contributed by atoms with Crippen molar-refractivity contribution in [2.45, 2.75) is 70.4 Å². The molecule has 1 amide bonds. The number of hydrogen-bond acceptors (Lipinski definition) is 2. The third-order valence-corrected chi connectivity index (χ3v) is 4.45. The minimum atomic E-state index is 0.0633. The molecule has 2 aliphatic rings. The van der Waals surface area contributed by atoms with Gasteiger partial charge in [0.15, 0.2) is 0 Å². The Morgan fingerprint density at radius 2 is 1.88 bits per heavy atom. The number of amides is 1. The molecule has 3 heteroatoms. The molecule has 3 N–H and O–H groups in total. The van der Waals surface area contributed by atoms with Gasteiger partial charge in [-0.1, -0.05) is 26.2 Å². The summed E-state index contributed by atoms with van der Waals surface area (Å²) in [6.45, 7) is 2.27. The molecule has 0 aromatic carbocycles. The van der Waals surface area contributed by atoms with Crippen molar-refractivity contribution in [3.63, 3.8) is 0 Å². The first-order valence-corrected chi connectivity index (χ1v) is 7.22. The molecule has 2 rings (SSSR count). The van der Waals surface area contributed by atoms with Crippen LogP contribution < -0.4 is 11.1 Å². The van der Waals surface area contributed by atoms with E-state index in [1.54, 1.807) is 0 Å². The Labute approximate surface area is 105 Å². The van der Waals surface area contributed by atoms with Gasteiger partial charge in [-0.25, -0.2) is 0 Å². The molecular formula is C14H26N2O. The van der Waals surface area contributed by atoms with Gasteiger partial charge in [0.1, 0.15) is 0 Å². The number of rotatable bonds is 2. The fourth-order valence-electron chi connectivity index (χ4n) is 3.31. The van der Waals surface area contributed by atoms with Crippen molar-refractivity contribution in [1.29, 1.82) is 0 Å². The summed E-state index contributed by atoms with van der Waals surface area (Å²) in [4.78, 5) is 12.2. The summed E-state index contributed by atoms with van der Waals surface area (Å²) >= 11 is 0. The van der Waals surface area contributed by atoms with Gasteiger partial charge in [-0.2, -0.15) is 0 Å². The van der Waals surface area contributed by atoms with Gasteiger partial charge in [0.05, 0.1) is 5.92 Å². The van der Waals surface area contributed by atoms with Crippen molar-refractivity contribution in [2.24, 2.45) is 17.6 Å². The van der Waals surface area contributed by atoms with Crippen LogP contribution in [0, 0.1) is 11.8 Å². The molecule has 2 aliphatic carbocycles. The van der Waals surface area contributed by atoms with Crippen molar-refractivity contribution in [1.82, 2.24) is 5.32 Å². The lowest BCUT2D eigenvalue weighted by Gasteiger charge is -2.23. The van der Waals surface area contributed by atoms with Crippen molar-refractivity contribution >= 4 is 5.91 Å². The fourth-order valence-corrected chi connectivity index (χ4v) is 3.31. The lowest BCUT2D eigenvalue weighted by molar-refractivity contribution is -0.126. The van der Waals surface area contributed by atoms with Gasteiger partial charge in [-0.3, -0.25) is 4.79 Å². The Kier molecular flexibility index (Phi) is 4.43. The molecule has 0 saturated heterocycles. The molecule has 2 fully saturated rings. The van der Waals surface area contributed by atoms with E-state index >= 15 is 0 Å². The van der Waals surface area contributed by atoms with E-state index in [0.717, 1.165) is 38.0 Å². The zero-order chi connectivity index (χ0) is 12.3. The molecule has 3 nitrogen and oxygen atoms in total. The van der Waals surface area contributed by atoms with Gasteiger partial charge in [0.25, 0.3) is 0 Å². The Morgan fingerprint density at radius 1 is 1.12 bits per heavy atom. The van der Waals surface area contributed by atoms with E-state index < -0.39 is 0 Å². The first-order chi connectivity index (χ1) is 8.16. The lowest BCUT2D eigenvalue weighted by atomic mass is 9.94. The van der Waals surface area contributed by atoms with E-state index in [2.05, 4.69) is 12.2 Å². The van der Waals surface area contributed by atoms with E-state index in [9.17, 15) is 4.79 Å². The van der Waals surface area contributed by atoms with Crippen LogP contribution in [0.5, 0.6) is 0 Å². The molecule has 0 radical (unpaired) electrons. The molecule has 0 aromatic heterocycles. The lowest BCUT2D eigenvalue weighted by Crippen LogP contribution is -2.44. The van der Waals surface area contributed by atoms with Gasteiger partial charge in [0, 0.05) is 12.1 Å². The SMILES string of the molecule is CC1CCC(NC(=O)C2CCCCCC2N)C1. The van der Waals surface area contributed by atoms with Crippen LogP contribution in [0.1, 0.15) is 58.3 Å². The second-order valence-corrected chi connectivity index (χ2v) is 6.03. The van der Waals surface area contributed by atoms with Crippen LogP contribution in [-0.4, -0.2) is 18.0 Å². The minimum absolute atomic E-state index is 0.0633. The third-order valence-electron chi connectivity index (χ3n) is 4.45. The van der Waals surface area contributed by atoms with Crippen molar-refractivity contribution in [3.05, 3.63) is 0 Å². The summed E-state index contributed by atoms with van der Waals surface area (Å²) in [5.74, 6) is 1.05. The maximum atomic E-state index is 12.2. The van der Waals surface area contributed by atoms with Crippen molar-refractivity contribution < 1.29 is 4.79 Å². The maximum Gasteiger partial charge on any atom is 0.224 e. The summed E-state index contributed by atoms with van der Waals surface area (Å²) in [6, 6.07) is 0.490. The Hall–Kier alpha value is -0.570. The second-order valence-electron chi connectivity index (χ2n) is 6.03. The first kappa shape index (κ1) is 12.9. The topological polar surface area (TPSA) is 55.1 Å². The molecular weight excluding hydrogens is 212 g/mol. The summed E-state index contributed by atoms with van der Waals surface area (Å²) in [6.07, 6.45) is 9.12. The number of carbonyl (C=O) groups excluding carboxylic acids is 1. The highest BCUT2D eigenvalue weighted by molar-refractivity contribution is 5.79. The first-order valence-electron chi connectivity index (χ1n) is 7.22. The molecule has 0 heterocycles. The molecule has 0 aliphatic heterocycles. The molecule has 4 unspecified atom stereocenters. The van der Waals surface area contributed by atoms with Gasteiger partial charge in [-0.15, -0.1) is 0 Å². The van der Waals surface area contributed by atoms with Gasteiger partial charge < -0.3 is 11.1 Å². The van der Waals surface area contributed by atoms with Crippen LogP contribution in [0.3, 0.4) is 0 Å². The largest absolute Gasteiger partial charge is 0.353 e. The van der Waals surface area contributed by atoms with Gasteiger partial charge in [-0.05, 0) is 38.0 Å². The molecule has 17 heavy (non-hydrogen) atoms. The van der Waals surface area contributed by atoms with Crippen LogP contribution in [-0.2, 0) is 4.79 Å². The third kappa shape index (κ3) is 3.44. The highest BCUT2D eigenvalue weighted by Crippen LogP contribution is 2.26. The predicted octanol–water partition coefficient (Wildman–Crippen LogP) is 2.20. The number of nitrogens with two attached hydrogens (primary N) is 1. The van der Waals surface area contributed by atoms with E-state index in [1.165, 1.54) is 19.3 Å². The average molecular weight is 238 g/mol. The second kappa shape index (κ2) is 5.85. The number of nitrogens with one attached hydrogen (secondary N) is 1. The van der Waals surface area contributed by atoms with Crippen LogP contribution in [0.2, 0.25) is 0 Å². The van der Waals surface area contributed by atoms with Crippen molar-refractivity contribution in [3.8, 4) is 0 Å². The van der Waals surface area contributed by atoms with Crippen LogP contribution >= 0.6 is 0 Å². The fraction of sp³-hybridized carbons (Fsp3) is 0.929.